The fraction of sp³-hybridized carbons (Fsp3) is 0. The van der Waals surface area contributed by atoms with Gasteiger partial charge in [0, 0.05) is 18.9 Å². The summed E-state index contributed by atoms with van der Waals surface area (Å²) in [4.78, 5) is 0. The second-order valence-electron chi connectivity index (χ2n) is 4.47. The molecule has 0 aliphatic heterocycles. The van der Waals surface area contributed by atoms with Crippen LogP contribution in [0.1, 0.15) is 16.7 Å². The summed E-state index contributed by atoms with van der Waals surface area (Å²) >= 11 is 0. The van der Waals surface area contributed by atoms with Crippen LogP contribution in [0.5, 0.6) is 0 Å². The van der Waals surface area contributed by atoms with E-state index in [0.29, 0.717) is 0 Å². The van der Waals surface area contributed by atoms with Crippen molar-refractivity contribution in [3.8, 4) is 0 Å². The van der Waals surface area contributed by atoms with E-state index in [-0.39, 0.29) is 37.7 Å². The van der Waals surface area contributed by atoms with Crippen molar-refractivity contribution in [2.75, 3.05) is 0 Å². The second kappa shape index (κ2) is 8.89. The number of hydrogen-bond acceptors (Lipinski definition) is 0. The SMILES string of the molecule is [Li+].[Li].c1ccc([C-](c2ccccc2)c2ccccc2)cc1. The maximum absolute atomic E-state index is 2.16. The molecule has 21 heavy (non-hydrogen) atoms. The summed E-state index contributed by atoms with van der Waals surface area (Å²) in [7, 11) is 0. The zero-order valence-corrected chi connectivity index (χ0v) is 12.7. The van der Waals surface area contributed by atoms with Gasteiger partial charge in [-0.2, -0.15) is 0 Å². The summed E-state index contributed by atoms with van der Waals surface area (Å²) in [5.74, 6) is 1.28. The molecule has 0 aromatic heterocycles. The van der Waals surface area contributed by atoms with Crippen molar-refractivity contribution in [3.05, 3.63) is 114 Å². The van der Waals surface area contributed by atoms with Gasteiger partial charge in [0.05, 0.1) is 0 Å². The van der Waals surface area contributed by atoms with Crippen LogP contribution < -0.4 is 18.9 Å². The number of benzene rings is 3. The van der Waals surface area contributed by atoms with Crippen molar-refractivity contribution in [1.82, 2.24) is 0 Å². The molecule has 0 fully saturated rings. The number of rotatable bonds is 3. The van der Waals surface area contributed by atoms with E-state index in [1.165, 1.54) is 22.6 Å². The van der Waals surface area contributed by atoms with Crippen LogP contribution >= 0.6 is 0 Å². The zero-order valence-electron chi connectivity index (χ0n) is 12.7. The Labute approximate surface area is 151 Å². The molecule has 1 radical (unpaired) electrons. The van der Waals surface area contributed by atoms with Gasteiger partial charge >= 0.3 is 18.9 Å². The van der Waals surface area contributed by atoms with Gasteiger partial charge in [0.25, 0.3) is 0 Å². The standard InChI is InChI=1S/C19H15.2Li/c1-4-10-16(11-5-1)19(17-12-6-2-7-13-17)18-14-8-3-9-15-18;;/h1-15H;;/q-1;;+1. The molecule has 3 rings (SSSR count). The maximum atomic E-state index is 2.16. The van der Waals surface area contributed by atoms with Gasteiger partial charge < -0.3 is 0 Å². The van der Waals surface area contributed by atoms with Crippen molar-refractivity contribution >= 4 is 18.9 Å². The van der Waals surface area contributed by atoms with Gasteiger partial charge in [-0.3, -0.25) is 0 Å². The van der Waals surface area contributed by atoms with E-state index < -0.39 is 0 Å². The summed E-state index contributed by atoms with van der Waals surface area (Å²) < 4.78 is 0. The molecule has 0 bridgehead atoms. The summed E-state index contributed by atoms with van der Waals surface area (Å²) in [5.41, 5.74) is 3.75. The van der Waals surface area contributed by atoms with Gasteiger partial charge in [0.15, 0.2) is 0 Å². The molecule has 0 nitrogen and oxygen atoms in total. The van der Waals surface area contributed by atoms with Gasteiger partial charge in [-0.1, -0.05) is 114 Å². The van der Waals surface area contributed by atoms with Crippen LogP contribution in [0.3, 0.4) is 0 Å². The molecule has 0 heterocycles. The van der Waals surface area contributed by atoms with Crippen molar-refractivity contribution in [1.29, 1.82) is 0 Å². The van der Waals surface area contributed by atoms with Crippen LogP contribution in [0, 0.1) is 5.92 Å². The minimum atomic E-state index is 0. The Balaban J connectivity index is 0.00000110. The van der Waals surface area contributed by atoms with E-state index in [9.17, 15) is 0 Å². The van der Waals surface area contributed by atoms with Crippen molar-refractivity contribution in [3.63, 3.8) is 0 Å². The Bertz CT molecular complexity index is 528. The first-order valence-electron chi connectivity index (χ1n) is 6.48. The molecule has 0 N–H and O–H groups in total. The fourth-order valence-electron chi connectivity index (χ4n) is 2.31. The molecule has 0 spiro atoms. The number of hydrogen-bond donors (Lipinski definition) is 0. The average molecular weight is 257 g/mol. The van der Waals surface area contributed by atoms with E-state index in [1.807, 2.05) is 0 Å². The third-order valence-electron chi connectivity index (χ3n) is 3.19. The smallest absolute Gasteiger partial charge is 0.0999 e. The first-order chi connectivity index (χ1) is 9.45. The first kappa shape index (κ1) is 17.8. The third-order valence-corrected chi connectivity index (χ3v) is 3.19. The average Bonchev–Trinajstić information content (AvgIpc) is 2.51. The fourth-order valence-corrected chi connectivity index (χ4v) is 2.31. The zero-order chi connectivity index (χ0) is 12.9. The molecule has 0 atom stereocenters. The van der Waals surface area contributed by atoms with Gasteiger partial charge in [0.1, 0.15) is 0 Å². The summed E-state index contributed by atoms with van der Waals surface area (Å²) in [6.07, 6.45) is 0. The molecule has 0 aliphatic rings. The molecule has 0 aliphatic carbocycles. The third kappa shape index (κ3) is 4.34. The van der Waals surface area contributed by atoms with Gasteiger partial charge in [-0.15, -0.1) is 0 Å². The molecule has 93 valence electrons. The van der Waals surface area contributed by atoms with Crippen LogP contribution in [0.15, 0.2) is 91.0 Å². The quantitative estimate of drug-likeness (QED) is 0.377. The molecule has 0 amide bonds. The topological polar surface area (TPSA) is 0 Å². The molecule has 0 unspecified atom stereocenters. The van der Waals surface area contributed by atoms with Crippen LogP contribution in [-0.4, -0.2) is 18.9 Å². The molecule has 0 saturated carbocycles. The Hall–Kier alpha value is -1.28. The predicted molar refractivity (Wildman–Crippen MR) is 85.6 cm³/mol. The Morgan fingerprint density at radius 3 is 0.905 bits per heavy atom. The van der Waals surface area contributed by atoms with E-state index in [2.05, 4.69) is 91.0 Å². The molecule has 3 aromatic carbocycles. The second-order valence-corrected chi connectivity index (χ2v) is 4.47. The van der Waals surface area contributed by atoms with Gasteiger partial charge in [-0.05, 0) is 0 Å². The van der Waals surface area contributed by atoms with Crippen molar-refractivity contribution in [2.45, 2.75) is 0 Å². The van der Waals surface area contributed by atoms with E-state index >= 15 is 0 Å². The molecule has 2 heteroatoms. The van der Waals surface area contributed by atoms with Crippen LogP contribution in [0.2, 0.25) is 0 Å². The predicted octanol–water partition coefficient (Wildman–Crippen LogP) is 1.33. The first-order valence-corrected chi connectivity index (χ1v) is 6.48. The molecular weight excluding hydrogens is 242 g/mol. The van der Waals surface area contributed by atoms with E-state index in [0.717, 1.165) is 0 Å². The van der Waals surface area contributed by atoms with Crippen LogP contribution in [0.25, 0.3) is 0 Å². The van der Waals surface area contributed by atoms with E-state index in [1.54, 1.807) is 0 Å². The normalized spacial score (nSPS) is 9.14. The largest absolute Gasteiger partial charge is 1.00 e. The van der Waals surface area contributed by atoms with E-state index in [4.69, 9.17) is 0 Å². The Kier molecular flexibility index (Phi) is 7.52. The Morgan fingerprint density at radius 2 is 0.667 bits per heavy atom. The summed E-state index contributed by atoms with van der Waals surface area (Å²) in [6.45, 7) is 0. The van der Waals surface area contributed by atoms with Crippen molar-refractivity contribution in [2.24, 2.45) is 0 Å². The minimum absolute atomic E-state index is 0. The maximum Gasteiger partial charge on any atom is 1.00 e. The van der Waals surface area contributed by atoms with Gasteiger partial charge in [-0.25, -0.2) is 0 Å². The van der Waals surface area contributed by atoms with Gasteiger partial charge in [0.2, 0.25) is 0 Å². The molecule has 0 saturated heterocycles. The molecular formula is C19H15Li2. The summed E-state index contributed by atoms with van der Waals surface area (Å²) in [6, 6.07) is 31.6. The van der Waals surface area contributed by atoms with Crippen LogP contribution in [0.4, 0.5) is 0 Å². The monoisotopic (exact) mass is 257 g/mol. The Morgan fingerprint density at radius 1 is 0.429 bits per heavy atom. The van der Waals surface area contributed by atoms with Crippen LogP contribution in [-0.2, 0) is 0 Å². The van der Waals surface area contributed by atoms with Crippen molar-refractivity contribution < 1.29 is 18.9 Å². The summed E-state index contributed by atoms with van der Waals surface area (Å²) in [5, 5.41) is 0. The minimum Gasteiger partial charge on any atom is -0.0999 e. The molecule has 3 aromatic rings.